The Morgan fingerprint density at radius 2 is 1.75 bits per heavy atom. The molecule has 196 valence electrons. The predicted octanol–water partition coefficient (Wildman–Crippen LogP) is -0.0483. The molecule has 0 saturated carbocycles. The minimum Gasteiger partial charge on any atom is -0.508 e. The van der Waals surface area contributed by atoms with Crippen molar-refractivity contribution in [2.45, 2.75) is 56.8 Å². The highest BCUT2D eigenvalue weighted by Gasteiger charge is 2.45. The summed E-state index contributed by atoms with van der Waals surface area (Å²) in [4.78, 5) is 24.0. The smallest absolute Gasteiger partial charge is 0.337 e. The number of phenolic OH excluding ortho intramolecular Hbond substituents is 1. The van der Waals surface area contributed by atoms with Gasteiger partial charge in [-0.05, 0) is 49.8 Å². The lowest BCUT2D eigenvalue weighted by atomic mass is 9.99. The number of aromatic hydroxyl groups is 1. The summed E-state index contributed by atoms with van der Waals surface area (Å²) in [7, 11) is 0. The molecule has 0 unspecified atom stereocenters. The van der Waals surface area contributed by atoms with Gasteiger partial charge in [-0.25, -0.2) is 9.59 Å². The number of carbonyl (C=O) groups is 2. The van der Waals surface area contributed by atoms with Gasteiger partial charge >= 0.3 is 11.9 Å². The molecule has 3 rings (SSSR count). The Kier molecular flexibility index (Phi) is 9.37. The van der Waals surface area contributed by atoms with E-state index in [2.05, 4.69) is 0 Å². The molecule has 5 N–H and O–H groups in total. The first kappa shape index (κ1) is 27.5. The third-order valence-corrected chi connectivity index (χ3v) is 5.53. The fourth-order valence-corrected chi connectivity index (χ4v) is 3.60. The zero-order valence-corrected chi connectivity index (χ0v) is 19.8. The van der Waals surface area contributed by atoms with Crippen molar-refractivity contribution in [1.29, 1.82) is 0 Å². The fourth-order valence-electron chi connectivity index (χ4n) is 3.60. The molecule has 0 amide bonds. The number of aliphatic hydroxyl groups is 4. The summed E-state index contributed by atoms with van der Waals surface area (Å²) in [5.41, 5.74) is 1.48. The Bertz CT molecular complexity index is 1010. The van der Waals surface area contributed by atoms with E-state index in [1.165, 1.54) is 24.3 Å². The summed E-state index contributed by atoms with van der Waals surface area (Å²) in [5.74, 6) is -1.38. The third kappa shape index (κ3) is 7.00. The van der Waals surface area contributed by atoms with E-state index in [1.54, 1.807) is 32.1 Å². The van der Waals surface area contributed by atoms with E-state index in [4.69, 9.17) is 18.9 Å². The standard InChI is InChI=1S/C25H30O11/c1-13(2)11-17-20(28)16(24(32)35-17)9-10-33-25-23(31)22(30)21(29)18(36-25)12-34-19(27)8-5-14-3-6-15(26)7-4-14/h3-9,11,17-18,20-23,25-26,28-31H,10,12H2,1-2H3/b8-5+,16-9-/t17-,18-,20+,21-,22+,23-,25-/m1/s1. The van der Waals surface area contributed by atoms with E-state index in [0.29, 0.717) is 5.56 Å². The topological polar surface area (TPSA) is 172 Å². The van der Waals surface area contributed by atoms with E-state index < -0.39 is 61.5 Å². The maximum atomic E-state index is 12.0. The number of hydrogen-bond donors (Lipinski definition) is 5. The summed E-state index contributed by atoms with van der Waals surface area (Å²) in [6, 6.07) is 6.10. The zero-order valence-electron chi connectivity index (χ0n) is 19.8. The first-order valence-electron chi connectivity index (χ1n) is 11.3. The zero-order chi connectivity index (χ0) is 26.4. The van der Waals surface area contributed by atoms with Crippen LogP contribution in [0.15, 0.2) is 53.6 Å². The molecule has 0 aliphatic carbocycles. The summed E-state index contributed by atoms with van der Waals surface area (Å²) in [6.07, 6.45) is -3.99. The van der Waals surface area contributed by atoms with Gasteiger partial charge in [0.15, 0.2) is 12.4 Å². The summed E-state index contributed by atoms with van der Waals surface area (Å²) < 4.78 is 21.1. The maximum absolute atomic E-state index is 12.0. The second-order valence-electron chi connectivity index (χ2n) is 8.62. The molecule has 2 aliphatic rings. The molecule has 11 nitrogen and oxygen atoms in total. The number of rotatable bonds is 8. The average molecular weight is 507 g/mol. The van der Waals surface area contributed by atoms with E-state index in [1.807, 2.05) is 0 Å². The molecule has 2 fully saturated rings. The van der Waals surface area contributed by atoms with Gasteiger partial charge in [0.25, 0.3) is 0 Å². The van der Waals surface area contributed by atoms with Crippen molar-refractivity contribution < 1.29 is 54.1 Å². The van der Waals surface area contributed by atoms with Crippen molar-refractivity contribution in [3.63, 3.8) is 0 Å². The van der Waals surface area contributed by atoms with Crippen LogP contribution in [0.5, 0.6) is 5.75 Å². The second kappa shape index (κ2) is 12.3. The van der Waals surface area contributed by atoms with Gasteiger partial charge < -0.3 is 44.5 Å². The molecular formula is C25H30O11. The molecular weight excluding hydrogens is 476 g/mol. The van der Waals surface area contributed by atoms with Crippen LogP contribution < -0.4 is 0 Å². The number of benzene rings is 1. The second-order valence-corrected chi connectivity index (χ2v) is 8.62. The lowest BCUT2D eigenvalue weighted by molar-refractivity contribution is -0.299. The van der Waals surface area contributed by atoms with Crippen molar-refractivity contribution in [3.8, 4) is 5.75 Å². The fraction of sp³-hybridized carbons (Fsp3) is 0.440. The highest BCUT2D eigenvalue weighted by atomic mass is 16.7. The van der Waals surface area contributed by atoms with Gasteiger partial charge in [-0.1, -0.05) is 17.7 Å². The van der Waals surface area contributed by atoms with Gasteiger partial charge in [-0.15, -0.1) is 0 Å². The normalized spacial score (nSPS) is 31.4. The number of carbonyl (C=O) groups excluding carboxylic acids is 2. The number of aliphatic hydroxyl groups excluding tert-OH is 4. The van der Waals surface area contributed by atoms with Crippen molar-refractivity contribution in [1.82, 2.24) is 0 Å². The third-order valence-electron chi connectivity index (χ3n) is 5.53. The summed E-state index contributed by atoms with van der Waals surface area (Å²) in [6.45, 7) is 2.87. The molecule has 0 bridgehead atoms. The van der Waals surface area contributed by atoms with Crippen LogP contribution in [0.2, 0.25) is 0 Å². The van der Waals surface area contributed by atoms with E-state index in [9.17, 15) is 35.1 Å². The molecule has 36 heavy (non-hydrogen) atoms. The van der Waals surface area contributed by atoms with Gasteiger partial charge in [-0.3, -0.25) is 0 Å². The van der Waals surface area contributed by atoms with Crippen molar-refractivity contribution in [2.75, 3.05) is 13.2 Å². The van der Waals surface area contributed by atoms with Gasteiger partial charge in [-0.2, -0.15) is 0 Å². The maximum Gasteiger partial charge on any atom is 0.337 e. The van der Waals surface area contributed by atoms with E-state index >= 15 is 0 Å². The summed E-state index contributed by atoms with van der Waals surface area (Å²) >= 11 is 0. The van der Waals surface area contributed by atoms with E-state index in [-0.39, 0.29) is 17.9 Å². The molecule has 2 saturated heterocycles. The van der Waals surface area contributed by atoms with Crippen LogP contribution in [0, 0.1) is 0 Å². The van der Waals surface area contributed by atoms with Crippen LogP contribution in [0.4, 0.5) is 0 Å². The van der Waals surface area contributed by atoms with Gasteiger partial charge in [0, 0.05) is 6.08 Å². The quantitative estimate of drug-likeness (QED) is 0.182. The van der Waals surface area contributed by atoms with Crippen molar-refractivity contribution >= 4 is 18.0 Å². The molecule has 0 radical (unpaired) electrons. The van der Waals surface area contributed by atoms with Crippen LogP contribution in [0.3, 0.4) is 0 Å². The van der Waals surface area contributed by atoms with Crippen LogP contribution in [-0.2, 0) is 28.5 Å². The van der Waals surface area contributed by atoms with Crippen LogP contribution in [-0.4, -0.2) is 93.6 Å². The van der Waals surface area contributed by atoms with Crippen LogP contribution in [0.25, 0.3) is 6.08 Å². The molecule has 7 atom stereocenters. The van der Waals surface area contributed by atoms with E-state index in [0.717, 1.165) is 11.6 Å². The lowest BCUT2D eigenvalue weighted by Crippen LogP contribution is -2.59. The molecule has 2 aliphatic heterocycles. The number of cyclic esters (lactones) is 1. The Morgan fingerprint density at radius 1 is 1.06 bits per heavy atom. The van der Waals surface area contributed by atoms with Crippen LogP contribution in [0.1, 0.15) is 19.4 Å². The largest absolute Gasteiger partial charge is 0.508 e. The summed E-state index contributed by atoms with van der Waals surface area (Å²) in [5, 5.41) is 50.2. The average Bonchev–Trinajstić information content (AvgIpc) is 3.09. The number of esters is 2. The molecule has 1 aromatic carbocycles. The molecule has 0 aromatic heterocycles. The monoisotopic (exact) mass is 506 g/mol. The molecule has 1 aromatic rings. The first-order chi connectivity index (χ1) is 17.1. The number of phenols is 1. The Balaban J connectivity index is 1.55. The van der Waals surface area contributed by atoms with Gasteiger partial charge in [0.2, 0.25) is 0 Å². The van der Waals surface area contributed by atoms with Gasteiger partial charge in [0.1, 0.15) is 42.9 Å². The number of allylic oxidation sites excluding steroid dienone is 1. The minimum absolute atomic E-state index is 0.0192. The lowest BCUT2D eigenvalue weighted by Gasteiger charge is -2.39. The molecule has 11 heteroatoms. The van der Waals surface area contributed by atoms with Crippen molar-refractivity contribution in [3.05, 3.63) is 59.2 Å². The highest BCUT2D eigenvalue weighted by molar-refractivity contribution is 5.92. The minimum atomic E-state index is -1.66. The predicted molar refractivity (Wildman–Crippen MR) is 124 cm³/mol. The molecule has 2 heterocycles. The Morgan fingerprint density at radius 3 is 2.42 bits per heavy atom. The number of hydrogen-bond acceptors (Lipinski definition) is 11. The Hall–Kier alpha value is -3.06. The highest BCUT2D eigenvalue weighted by Crippen LogP contribution is 2.25. The Labute approximate surface area is 207 Å². The first-order valence-corrected chi connectivity index (χ1v) is 11.3. The number of ether oxygens (including phenoxy) is 4. The van der Waals surface area contributed by atoms with Gasteiger partial charge in [0.05, 0.1) is 12.2 Å². The van der Waals surface area contributed by atoms with Crippen molar-refractivity contribution in [2.24, 2.45) is 0 Å². The SMILES string of the molecule is CC(C)=C[C@H]1OC(=O)/C(=C\CO[C@@H]2O[C@H](COC(=O)/C=C/c3ccc(O)cc3)[C@@H](O)[C@H](O)[C@H]2O)[C@@H]1O. The molecule has 0 spiro atoms. The van der Waals surface area contributed by atoms with Crippen LogP contribution >= 0.6 is 0 Å².